The van der Waals surface area contributed by atoms with Crippen LogP contribution in [0.5, 0.6) is 0 Å². The average molecular weight is 254 g/mol. The predicted octanol–water partition coefficient (Wildman–Crippen LogP) is 3.49. The first-order chi connectivity index (χ1) is 7.70. The van der Waals surface area contributed by atoms with E-state index in [2.05, 4.69) is 15.3 Å². The van der Waals surface area contributed by atoms with Crippen molar-refractivity contribution in [2.45, 2.75) is 0 Å². The SMILES string of the molecule is CNc1cnc(-c2ccc(Cl)c(Cl)c2)nc1. The van der Waals surface area contributed by atoms with Crippen LogP contribution in [0.2, 0.25) is 10.0 Å². The number of hydrogen-bond acceptors (Lipinski definition) is 3. The standard InChI is InChI=1S/C11H9Cl2N3/c1-14-8-5-15-11(16-6-8)7-2-3-9(12)10(13)4-7/h2-6,14H,1H3. The largest absolute Gasteiger partial charge is 0.386 e. The molecule has 1 aromatic heterocycles. The van der Waals surface area contributed by atoms with Crippen LogP contribution in [0.15, 0.2) is 30.6 Å². The molecule has 82 valence electrons. The molecule has 5 heteroatoms. The Morgan fingerprint density at radius 2 is 1.75 bits per heavy atom. The second kappa shape index (κ2) is 4.68. The normalized spacial score (nSPS) is 10.2. The second-order valence-corrected chi connectivity index (χ2v) is 3.99. The Balaban J connectivity index is 2.38. The highest BCUT2D eigenvalue weighted by molar-refractivity contribution is 6.42. The van der Waals surface area contributed by atoms with Crippen molar-refractivity contribution in [2.75, 3.05) is 12.4 Å². The molecule has 0 fully saturated rings. The van der Waals surface area contributed by atoms with Gasteiger partial charge in [0.2, 0.25) is 0 Å². The van der Waals surface area contributed by atoms with Gasteiger partial charge < -0.3 is 5.32 Å². The highest BCUT2D eigenvalue weighted by Crippen LogP contribution is 2.26. The van der Waals surface area contributed by atoms with Gasteiger partial charge in [-0.1, -0.05) is 23.2 Å². The Bertz CT molecular complexity index is 497. The van der Waals surface area contributed by atoms with Crippen LogP contribution in [0, 0.1) is 0 Å². The van der Waals surface area contributed by atoms with E-state index in [0.717, 1.165) is 11.3 Å². The van der Waals surface area contributed by atoms with Crippen LogP contribution in [0.1, 0.15) is 0 Å². The van der Waals surface area contributed by atoms with E-state index in [1.54, 1.807) is 24.5 Å². The Hall–Kier alpha value is -1.32. The van der Waals surface area contributed by atoms with Crippen molar-refractivity contribution in [3.8, 4) is 11.4 Å². The van der Waals surface area contributed by atoms with Crippen LogP contribution < -0.4 is 5.32 Å². The van der Waals surface area contributed by atoms with Crippen LogP contribution in [0.3, 0.4) is 0 Å². The van der Waals surface area contributed by atoms with Gasteiger partial charge in [-0.3, -0.25) is 0 Å². The van der Waals surface area contributed by atoms with E-state index >= 15 is 0 Å². The molecule has 0 aliphatic heterocycles. The Morgan fingerprint density at radius 1 is 1.06 bits per heavy atom. The van der Waals surface area contributed by atoms with E-state index in [4.69, 9.17) is 23.2 Å². The van der Waals surface area contributed by atoms with Gasteiger partial charge in [-0.25, -0.2) is 9.97 Å². The Labute approximate surface area is 103 Å². The van der Waals surface area contributed by atoms with Gasteiger partial charge in [0, 0.05) is 12.6 Å². The highest BCUT2D eigenvalue weighted by Gasteiger charge is 2.04. The third-order valence-electron chi connectivity index (χ3n) is 2.12. The lowest BCUT2D eigenvalue weighted by molar-refractivity contribution is 1.17. The molecule has 0 aliphatic carbocycles. The molecular weight excluding hydrogens is 245 g/mol. The second-order valence-electron chi connectivity index (χ2n) is 3.17. The molecule has 3 nitrogen and oxygen atoms in total. The molecule has 1 aromatic carbocycles. The van der Waals surface area contributed by atoms with Crippen molar-refractivity contribution in [1.82, 2.24) is 9.97 Å². The van der Waals surface area contributed by atoms with E-state index in [1.165, 1.54) is 0 Å². The van der Waals surface area contributed by atoms with Crippen molar-refractivity contribution >= 4 is 28.9 Å². The molecule has 1 heterocycles. The molecule has 0 spiro atoms. The number of anilines is 1. The Kier molecular flexibility index (Phi) is 3.27. The fraction of sp³-hybridized carbons (Fsp3) is 0.0909. The van der Waals surface area contributed by atoms with Gasteiger partial charge in [-0.2, -0.15) is 0 Å². The number of benzene rings is 1. The minimum absolute atomic E-state index is 0.500. The first-order valence-corrected chi connectivity index (χ1v) is 5.41. The van der Waals surface area contributed by atoms with E-state index < -0.39 is 0 Å². The lowest BCUT2D eigenvalue weighted by Gasteiger charge is -2.03. The molecule has 0 unspecified atom stereocenters. The lowest BCUT2D eigenvalue weighted by atomic mass is 10.2. The molecule has 1 N–H and O–H groups in total. The monoisotopic (exact) mass is 253 g/mol. The van der Waals surface area contributed by atoms with Crippen LogP contribution in [-0.2, 0) is 0 Å². The maximum absolute atomic E-state index is 5.92. The summed E-state index contributed by atoms with van der Waals surface area (Å²) in [7, 11) is 1.82. The van der Waals surface area contributed by atoms with E-state index in [1.807, 2.05) is 13.1 Å². The van der Waals surface area contributed by atoms with Gasteiger partial charge in [0.25, 0.3) is 0 Å². The highest BCUT2D eigenvalue weighted by atomic mass is 35.5. The molecule has 2 rings (SSSR count). The van der Waals surface area contributed by atoms with Crippen LogP contribution >= 0.6 is 23.2 Å². The van der Waals surface area contributed by atoms with Crippen LogP contribution in [0.25, 0.3) is 11.4 Å². The molecule has 0 atom stereocenters. The van der Waals surface area contributed by atoms with Gasteiger partial charge in [0.1, 0.15) is 0 Å². The van der Waals surface area contributed by atoms with Gasteiger partial charge in [-0.15, -0.1) is 0 Å². The zero-order valence-electron chi connectivity index (χ0n) is 8.54. The van der Waals surface area contributed by atoms with Gasteiger partial charge in [-0.05, 0) is 18.2 Å². The van der Waals surface area contributed by atoms with Crippen LogP contribution in [-0.4, -0.2) is 17.0 Å². The summed E-state index contributed by atoms with van der Waals surface area (Å²) in [6, 6.07) is 5.31. The third-order valence-corrected chi connectivity index (χ3v) is 2.86. The average Bonchev–Trinajstić information content (AvgIpc) is 2.33. The van der Waals surface area contributed by atoms with E-state index in [-0.39, 0.29) is 0 Å². The summed E-state index contributed by atoms with van der Waals surface area (Å²) in [6.07, 6.45) is 3.43. The molecule has 16 heavy (non-hydrogen) atoms. The number of aromatic nitrogens is 2. The third kappa shape index (κ3) is 2.26. The quantitative estimate of drug-likeness (QED) is 0.891. The van der Waals surface area contributed by atoms with Crippen molar-refractivity contribution in [1.29, 1.82) is 0 Å². The smallest absolute Gasteiger partial charge is 0.159 e. The molecular formula is C11H9Cl2N3. The fourth-order valence-corrected chi connectivity index (χ4v) is 1.54. The summed E-state index contributed by atoms with van der Waals surface area (Å²) in [6.45, 7) is 0. The summed E-state index contributed by atoms with van der Waals surface area (Å²) >= 11 is 11.8. The molecule has 0 saturated heterocycles. The summed E-state index contributed by atoms with van der Waals surface area (Å²) < 4.78 is 0. The van der Waals surface area contributed by atoms with E-state index in [9.17, 15) is 0 Å². The molecule has 0 bridgehead atoms. The predicted molar refractivity (Wildman–Crippen MR) is 67.0 cm³/mol. The first-order valence-electron chi connectivity index (χ1n) is 4.66. The van der Waals surface area contributed by atoms with Crippen molar-refractivity contribution < 1.29 is 0 Å². The van der Waals surface area contributed by atoms with E-state index in [0.29, 0.717) is 15.9 Å². The molecule has 0 amide bonds. The number of halogens is 2. The minimum Gasteiger partial charge on any atom is -0.386 e. The summed E-state index contributed by atoms with van der Waals surface area (Å²) in [5.74, 6) is 0.623. The fourth-order valence-electron chi connectivity index (χ4n) is 1.24. The van der Waals surface area contributed by atoms with Gasteiger partial charge in [0.15, 0.2) is 5.82 Å². The molecule has 0 aliphatic rings. The number of nitrogens with one attached hydrogen (secondary N) is 1. The Morgan fingerprint density at radius 3 is 2.31 bits per heavy atom. The maximum atomic E-state index is 5.92. The minimum atomic E-state index is 0.500. The maximum Gasteiger partial charge on any atom is 0.159 e. The first kappa shape index (κ1) is 11.2. The van der Waals surface area contributed by atoms with Crippen molar-refractivity contribution in [3.05, 3.63) is 40.6 Å². The zero-order chi connectivity index (χ0) is 11.5. The topological polar surface area (TPSA) is 37.8 Å². The lowest BCUT2D eigenvalue weighted by Crippen LogP contribution is -1.93. The summed E-state index contributed by atoms with van der Waals surface area (Å²) in [5.41, 5.74) is 1.71. The van der Waals surface area contributed by atoms with Crippen molar-refractivity contribution in [3.63, 3.8) is 0 Å². The zero-order valence-corrected chi connectivity index (χ0v) is 10.0. The van der Waals surface area contributed by atoms with Crippen molar-refractivity contribution in [2.24, 2.45) is 0 Å². The molecule has 0 radical (unpaired) electrons. The van der Waals surface area contributed by atoms with Crippen LogP contribution in [0.4, 0.5) is 5.69 Å². The number of hydrogen-bond donors (Lipinski definition) is 1. The summed E-state index contributed by atoms with van der Waals surface area (Å²) in [5, 5.41) is 3.98. The molecule has 2 aromatic rings. The van der Waals surface area contributed by atoms with Gasteiger partial charge >= 0.3 is 0 Å². The summed E-state index contributed by atoms with van der Waals surface area (Å²) in [4.78, 5) is 8.43. The van der Waals surface area contributed by atoms with Gasteiger partial charge in [0.05, 0.1) is 28.1 Å². The number of nitrogens with zero attached hydrogens (tertiary/aromatic N) is 2. The molecule has 0 saturated carbocycles. The number of rotatable bonds is 2.